The fraction of sp³-hybridized carbons (Fsp3) is 0.429. The number of carbonyl (C=O) groups excluding carboxylic acids is 1. The molecule has 0 bridgehead atoms. The van der Waals surface area contributed by atoms with Gasteiger partial charge in [0, 0.05) is 12.2 Å². The van der Waals surface area contributed by atoms with Crippen molar-refractivity contribution < 1.29 is 9.18 Å². The predicted octanol–water partition coefficient (Wildman–Crippen LogP) is 2.87. The first-order valence-corrected chi connectivity index (χ1v) is 6.12. The molecule has 1 aliphatic rings. The minimum absolute atomic E-state index is 0.162. The molecule has 1 fully saturated rings. The van der Waals surface area contributed by atoms with E-state index in [1.807, 2.05) is 6.92 Å². The third-order valence-corrected chi connectivity index (χ3v) is 3.53. The maximum Gasteiger partial charge on any atom is 0.247 e. The van der Waals surface area contributed by atoms with E-state index in [1.165, 1.54) is 12.1 Å². The number of halogens is 1. The van der Waals surface area contributed by atoms with Gasteiger partial charge in [0.2, 0.25) is 5.91 Å². The summed E-state index contributed by atoms with van der Waals surface area (Å²) in [5, 5.41) is 9.18. The van der Waals surface area contributed by atoms with E-state index in [0.29, 0.717) is 25.1 Å². The monoisotopic (exact) mass is 246 g/mol. The van der Waals surface area contributed by atoms with E-state index in [0.717, 1.165) is 6.42 Å². The number of hydrogen-bond donors (Lipinski definition) is 0. The highest BCUT2D eigenvalue weighted by Crippen LogP contribution is 2.42. The Morgan fingerprint density at radius 1 is 1.44 bits per heavy atom. The van der Waals surface area contributed by atoms with Crippen LogP contribution in [0.4, 0.5) is 10.1 Å². The van der Waals surface area contributed by atoms with Gasteiger partial charge in [0.25, 0.3) is 0 Å². The van der Waals surface area contributed by atoms with Crippen molar-refractivity contribution in [2.75, 3.05) is 11.4 Å². The fourth-order valence-electron chi connectivity index (χ4n) is 2.23. The first kappa shape index (κ1) is 12.6. The van der Waals surface area contributed by atoms with Crippen molar-refractivity contribution in [3.05, 3.63) is 30.1 Å². The molecule has 0 unspecified atom stereocenters. The molecule has 0 heterocycles. The van der Waals surface area contributed by atoms with E-state index in [1.54, 1.807) is 17.0 Å². The molecule has 1 saturated carbocycles. The molecule has 1 aliphatic carbocycles. The number of benzene rings is 1. The van der Waals surface area contributed by atoms with E-state index in [4.69, 9.17) is 0 Å². The Labute approximate surface area is 106 Å². The Kier molecular flexibility index (Phi) is 3.33. The minimum Gasteiger partial charge on any atom is -0.311 e. The van der Waals surface area contributed by atoms with Crippen molar-refractivity contribution in [2.45, 2.75) is 26.2 Å². The second-order valence-corrected chi connectivity index (χ2v) is 4.57. The normalized spacial score (nSPS) is 16.5. The van der Waals surface area contributed by atoms with Crippen LogP contribution < -0.4 is 4.90 Å². The summed E-state index contributed by atoms with van der Waals surface area (Å²) in [4.78, 5) is 14.0. The van der Waals surface area contributed by atoms with E-state index in [-0.39, 0.29) is 11.7 Å². The largest absolute Gasteiger partial charge is 0.311 e. The third-order valence-electron chi connectivity index (χ3n) is 3.53. The van der Waals surface area contributed by atoms with E-state index in [2.05, 4.69) is 6.07 Å². The van der Waals surface area contributed by atoms with Crippen molar-refractivity contribution in [3.8, 4) is 6.07 Å². The Morgan fingerprint density at radius 2 is 2.06 bits per heavy atom. The van der Waals surface area contributed by atoms with Gasteiger partial charge in [0.05, 0.1) is 6.07 Å². The smallest absolute Gasteiger partial charge is 0.247 e. The summed E-state index contributed by atoms with van der Waals surface area (Å²) >= 11 is 0. The molecule has 0 saturated heterocycles. The van der Waals surface area contributed by atoms with Gasteiger partial charge in [-0.3, -0.25) is 4.79 Å². The van der Waals surface area contributed by atoms with Crippen molar-refractivity contribution in [1.82, 2.24) is 0 Å². The van der Waals surface area contributed by atoms with Crippen LogP contribution >= 0.6 is 0 Å². The van der Waals surface area contributed by atoms with Crippen LogP contribution in [0, 0.1) is 22.6 Å². The number of amides is 1. The molecule has 1 amide bonds. The minimum atomic E-state index is -0.857. The van der Waals surface area contributed by atoms with E-state index < -0.39 is 5.41 Å². The standard InChI is InChI=1S/C14H15FN2O/c1-2-17(12-6-4-11(15)5-7-12)13(18)14(10-16)8-3-9-14/h4-7H,2-3,8-9H2,1H3. The van der Waals surface area contributed by atoms with Gasteiger partial charge in [0.1, 0.15) is 11.2 Å². The molecule has 0 atom stereocenters. The van der Waals surface area contributed by atoms with Gasteiger partial charge in [-0.2, -0.15) is 5.26 Å². The molecule has 2 rings (SSSR count). The molecular formula is C14H15FN2O. The second kappa shape index (κ2) is 4.77. The van der Waals surface area contributed by atoms with Crippen LogP contribution in [0.2, 0.25) is 0 Å². The molecular weight excluding hydrogens is 231 g/mol. The van der Waals surface area contributed by atoms with E-state index in [9.17, 15) is 14.4 Å². The quantitative estimate of drug-likeness (QED) is 0.823. The fourth-order valence-corrected chi connectivity index (χ4v) is 2.23. The molecule has 18 heavy (non-hydrogen) atoms. The maximum atomic E-state index is 12.9. The Bertz CT molecular complexity index is 486. The summed E-state index contributed by atoms with van der Waals surface area (Å²) in [6, 6.07) is 7.93. The van der Waals surface area contributed by atoms with Crippen LogP contribution in [-0.2, 0) is 4.79 Å². The SMILES string of the molecule is CCN(C(=O)C1(C#N)CCC1)c1ccc(F)cc1. The lowest BCUT2D eigenvalue weighted by Crippen LogP contribution is -2.47. The molecule has 3 nitrogen and oxygen atoms in total. The summed E-state index contributed by atoms with van der Waals surface area (Å²) in [7, 11) is 0. The van der Waals surface area contributed by atoms with Gasteiger partial charge in [0.15, 0.2) is 0 Å². The summed E-state index contributed by atoms with van der Waals surface area (Å²) in [5.41, 5.74) is -0.213. The van der Waals surface area contributed by atoms with Gasteiger partial charge < -0.3 is 4.90 Å². The van der Waals surface area contributed by atoms with Crippen molar-refractivity contribution >= 4 is 11.6 Å². The van der Waals surface area contributed by atoms with Crippen LogP contribution in [0.1, 0.15) is 26.2 Å². The number of carbonyl (C=O) groups is 1. The molecule has 0 radical (unpaired) electrons. The zero-order valence-corrected chi connectivity index (χ0v) is 10.3. The number of nitriles is 1. The highest BCUT2D eigenvalue weighted by Gasteiger charge is 2.46. The lowest BCUT2D eigenvalue weighted by Gasteiger charge is -2.37. The highest BCUT2D eigenvalue weighted by molar-refractivity contribution is 5.99. The second-order valence-electron chi connectivity index (χ2n) is 4.57. The molecule has 0 N–H and O–H groups in total. The molecule has 1 aromatic rings. The van der Waals surface area contributed by atoms with Crippen LogP contribution in [-0.4, -0.2) is 12.5 Å². The zero-order chi connectivity index (χ0) is 13.2. The Balaban J connectivity index is 2.26. The van der Waals surface area contributed by atoms with Gasteiger partial charge in [-0.1, -0.05) is 0 Å². The molecule has 0 aromatic heterocycles. The number of anilines is 1. The molecule has 0 aliphatic heterocycles. The molecule has 1 aromatic carbocycles. The summed E-state index contributed by atoms with van der Waals surface area (Å²) in [5.74, 6) is -0.494. The Hall–Kier alpha value is -1.89. The first-order valence-electron chi connectivity index (χ1n) is 6.12. The predicted molar refractivity (Wildman–Crippen MR) is 66.3 cm³/mol. The van der Waals surface area contributed by atoms with E-state index >= 15 is 0 Å². The summed E-state index contributed by atoms with van der Waals surface area (Å²) in [6.07, 6.45) is 2.17. The van der Waals surface area contributed by atoms with Gasteiger partial charge in [-0.05, 0) is 50.5 Å². The number of nitrogens with zero attached hydrogens (tertiary/aromatic N) is 2. The third kappa shape index (κ3) is 1.97. The van der Waals surface area contributed by atoms with Crippen LogP contribution in [0.3, 0.4) is 0 Å². The topological polar surface area (TPSA) is 44.1 Å². The Morgan fingerprint density at radius 3 is 2.44 bits per heavy atom. The number of rotatable bonds is 3. The van der Waals surface area contributed by atoms with Crippen LogP contribution in [0.25, 0.3) is 0 Å². The number of hydrogen-bond acceptors (Lipinski definition) is 2. The van der Waals surface area contributed by atoms with Gasteiger partial charge >= 0.3 is 0 Å². The molecule has 4 heteroatoms. The molecule has 94 valence electrons. The van der Waals surface area contributed by atoms with Gasteiger partial charge in [-0.25, -0.2) is 4.39 Å². The lowest BCUT2D eigenvalue weighted by molar-refractivity contribution is -0.128. The lowest BCUT2D eigenvalue weighted by atomic mass is 9.69. The zero-order valence-electron chi connectivity index (χ0n) is 10.3. The summed E-state index contributed by atoms with van der Waals surface area (Å²) in [6.45, 7) is 2.33. The summed E-state index contributed by atoms with van der Waals surface area (Å²) < 4.78 is 12.9. The van der Waals surface area contributed by atoms with Crippen LogP contribution in [0.15, 0.2) is 24.3 Å². The maximum absolute atomic E-state index is 12.9. The van der Waals surface area contributed by atoms with Gasteiger partial charge in [-0.15, -0.1) is 0 Å². The average Bonchev–Trinajstić information content (AvgIpc) is 2.32. The highest BCUT2D eigenvalue weighted by atomic mass is 19.1. The van der Waals surface area contributed by atoms with Crippen molar-refractivity contribution in [3.63, 3.8) is 0 Å². The molecule has 0 spiro atoms. The van der Waals surface area contributed by atoms with Crippen LogP contribution in [0.5, 0.6) is 0 Å². The first-order chi connectivity index (χ1) is 8.63. The van der Waals surface area contributed by atoms with Crippen molar-refractivity contribution in [1.29, 1.82) is 5.26 Å². The average molecular weight is 246 g/mol. The van der Waals surface area contributed by atoms with Crippen molar-refractivity contribution in [2.24, 2.45) is 5.41 Å².